The number of carbonyl (C=O) groups excluding carboxylic acids is 1. The predicted molar refractivity (Wildman–Crippen MR) is 231 cm³/mol. The summed E-state index contributed by atoms with van der Waals surface area (Å²) in [4.78, 5) is 15.6. The van der Waals surface area contributed by atoms with E-state index in [4.69, 9.17) is 14.5 Å². The van der Waals surface area contributed by atoms with E-state index in [1.54, 1.807) is 7.11 Å². The van der Waals surface area contributed by atoms with Gasteiger partial charge in [0.05, 0.1) is 19.2 Å². The zero-order valence-electron chi connectivity index (χ0n) is 36.9. The Kier molecular flexibility index (Phi) is 30.9. The predicted octanol–water partition coefficient (Wildman–Crippen LogP) is 14.0. The van der Waals surface area contributed by atoms with E-state index in [2.05, 4.69) is 127 Å². The molecule has 1 aliphatic heterocycles. The second kappa shape index (κ2) is 31.4. The molecule has 0 radical (unpaired) electrons. The Hall–Kier alpha value is -3.08. The molecule has 0 aliphatic carbocycles. The van der Waals surface area contributed by atoms with Crippen LogP contribution in [0.4, 0.5) is 0 Å². The van der Waals surface area contributed by atoms with Crippen molar-refractivity contribution >= 4 is 11.6 Å². The van der Waals surface area contributed by atoms with Gasteiger partial charge in [0.1, 0.15) is 29.7 Å². The van der Waals surface area contributed by atoms with Crippen molar-refractivity contribution < 1.29 is 14.3 Å². The number of carbonyl (C=O) groups is 1. The van der Waals surface area contributed by atoms with Crippen LogP contribution in [0, 0.1) is 25.7 Å². The van der Waals surface area contributed by atoms with Gasteiger partial charge >= 0.3 is 0 Å². The SMILES string of the molecule is CCC(=O)C[C@H](C)CC.CCC(C)C.CCCC.CCCCCC.COc1cccc(C)c1C1=NCC(COc2cc(C(C)C)ccc2C)=C(C)N1. The number of Topliss-reactive ketones (excluding diaryl/α,β-unsaturated/α-hetero) is 1. The van der Waals surface area contributed by atoms with Gasteiger partial charge in [-0.3, -0.25) is 9.79 Å². The number of hydrogen-bond donors (Lipinski definition) is 1. The topological polar surface area (TPSA) is 59.9 Å². The molecule has 5 heteroatoms. The molecule has 0 aromatic heterocycles. The number of unbranched alkanes of at least 4 members (excludes halogenated alkanes) is 4. The molecule has 0 bridgehead atoms. The summed E-state index contributed by atoms with van der Waals surface area (Å²) in [5, 5.41) is 3.45. The Bertz CT molecular complexity index is 1270. The van der Waals surface area contributed by atoms with Crippen LogP contribution in [0.2, 0.25) is 0 Å². The molecule has 52 heavy (non-hydrogen) atoms. The Morgan fingerprint density at radius 1 is 0.788 bits per heavy atom. The van der Waals surface area contributed by atoms with Gasteiger partial charge in [0.25, 0.3) is 0 Å². The molecule has 0 saturated heterocycles. The van der Waals surface area contributed by atoms with Gasteiger partial charge in [0.15, 0.2) is 0 Å². The Morgan fingerprint density at radius 3 is 1.83 bits per heavy atom. The minimum absolute atomic E-state index is 0.393. The van der Waals surface area contributed by atoms with Gasteiger partial charge in [0.2, 0.25) is 0 Å². The number of allylic oxidation sites excluding steroid dienone is 1. The lowest BCUT2D eigenvalue weighted by molar-refractivity contribution is -0.119. The summed E-state index contributed by atoms with van der Waals surface area (Å²) >= 11 is 0. The summed E-state index contributed by atoms with van der Waals surface area (Å²) < 4.78 is 11.7. The fraction of sp³-hybridized carbons (Fsp3) is 0.660. The van der Waals surface area contributed by atoms with Crippen molar-refractivity contribution in [3.8, 4) is 11.5 Å². The molecule has 2 aromatic carbocycles. The maximum Gasteiger partial charge on any atom is 0.136 e. The lowest BCUT2D eigenvalue weighted by atomic mass is 10.0. The molecule has 5 nitrogen and oxygen atoms in total. The van der Waals surface area contributed by atoms with Crippen LogP contribution in [0.25, 0.3) is 0 Å². The molecule has 1 atom stereocenters. The highest BCUT2D eigenvalue weighted by Gasteiger charge is 2.19. The van der Waals surface area contributed by atoms with Crippen LogP contribution in [0.3, 0.4) is 0 Å². The molecular weight excluding hydrogens is 641 g/mol. The van der Waals surface area contributed by atoms with E-state index in [1.807, 2.05) is 19.1 Å². The number of ketones is 1. The van der Waals surface area contributed by atoms with E-state index in [0.717, 1.165) is 64.1 Å². The number of aryl methyl sites for hydroxylation is 2. The standard InChI is InChI=1S/C24H30N2O2.C8H16O.C6H14.C5H12.C4H10/c1-15(2)19-11-10-16(3)22(12-19)28-14-20-13-25-24(26-18(20)5)23-17(4)8-7-9-21(23)27-6;1-4-7(3)6-8(9)5-2;1-3-5-6-4-2;1-4-5(2)3;1-3-4-2/h7-12,15H,13-14H2,1-6H3,(H,25,26);7H,4-6H2,1-3H3;3-6H2,1-2H3;5H,4H2,1-3H3;3-4H2,1-2H3/t;7-;;;/m.1.../s1. The summed E-state index contributed by atoms with van der Waals surface area (Å²) in [6, 6.07) is 12.5. The van der Waals surface area contributed by atoms with E-state index in [0.29, 0.717) is 37.2 Å². The molecule has 0 spiro atoms. The Labute approximate surface area is 322 Å². The van der Waals surface area contributed by atoms with Gasteiger partial charge in [0, 0.05) is 24.1 Å². The summed E-state index contributed by atoms with van der Waals surface area (Å²) in [6.45, 7) is 33.4. The number of nitrogens with one attached hydrogen (secondary N) is 1. The van der Waals surface area contributed by atoms with Crippen molar-refractivity contribution in [3.63, 3.8) is 0 Å². The molecule has 298 valence electrons. The van der Waals surface area contributed by atoms with Gasteiger partial charge in [-0.15, -0.1) is 0 Å². The van der Waals surface area contributed by atoms with Crippen molar-refractivity contribution in [1.82, 2.24) is 5.32 Å². The first kappa shape index (κ1) is 51.0. The first-order valence-corrected chi connectivity index (χ1v) is 20.6. The van der Waals surface area contributed by atoms with E-state index < -0.39 is 0 Å². The molecule has 1 aliphatic rings. The number of hydrogen-bond acceptors (Lipinski definition) is 5. The average Bonchev–Trinajstić information content (AvgIpc) is 3.14. The van der Waals surface area contributed by atoms with Crippen LogP contribution >= 0.6 is 0 Å². The highest BCUT2D eigenvalue weighted by molar-refractivity contribution is 6.04. The third kappa shape index (κ3) is 22.8. The Morgan fingerprint density at radius 2 is 1.38 bits per heavy atom. The first-order chi connectivity index (χ1) is 24.7. The number of ether oxygens (including phenoxy) is 2. The van der Waals surface area contributed by atoms with Crippen molar-refractivity contribution in [1.29, 1.82) is 0 Å². The lowest BCUT2D eigenvalue weighted by Gasteiger charge is -2.23. The first-order valence-electron chi connectivity index (χ1n) is 20.6. The molecule has 1 N–H and O–H groups in total. The number of aliphatic imine (C=N–C) groups is 1. The third-order valence-corrected chi connectivity index (χ3v) is 9.18. The minimum atomic E-state index is 0.393. The quantitative estimate of drug-likeness (QED) is 0.186. The highest BCUT2D eigenvalue weighted by Crippen LogP contribution is 2.27. The van der Waals surface area contributed by atoms with Crippen molar-refractivity contribution in [2.45, 2.75) is 174 Å². The van der Waals surface area contributed by atoms with Gasteiger partial charge in [-0.1, -0.05) is 159 Å². The highest BCUT2D eigenvalue weighted by atomic mass is 16.5. The van der Waals surface area contributed by atoms with E-state index >= 15 is 0 Å². The van der Waals surface area contributed by atoms with Gasteiger partial charge in [-0.2, -0.15) is 0 Å². The maximum atomic E-state index is 10.8. The van der Waals surface area contributed by atoms with Gasteiger partial charge < -0.3 is 14.8 Å². The van der Waals surface area contributed by atoms with Crippen molar-refractivity contribution in [2.75, 3.05) is 20.3 Å². The molecule has 0 unspecified atom stereocenters. The largest absolute Gasteiger partial charge is 0.496 e. The van der Waals surface area contributed by atoms with Crippen LogP contribution < -0.4 is 14.8 Å². The molecule has 3 rings (SSSR count). The summed E-state index contributed by atoms with van der Waals surface area (Å²) in [5.74, 6) is 4.98. The lowest BCUT2D eigenvalue weighted by Crippen LogP contribution is -2.31. The fourth-order valence-corrected chi connectivity index (χ4v) is 4.48. The summed E-state index contributed by atoms with van der Waals surface area (Å²) in [7, 11) is 1.69. The average molecular weight is 723 g/mol. The van der Waals surface area contributed by atoms with Crippen molar-refractivity contribution in [2.24, 2.45) is 16.8 Å². The molecule has 0 fully saturated rings. The smallest absolute Gasteiger partial charge is 0.136 e. The summed E-state index contributed by atoms with van der Waals surface area (Å²) in [5.41, 5.74) is 6.85. The van der Waals surface area contributed by atoms with Crippen LogP contribution in [-0.4, -0.2) is 31.9 Å². The second-order valence-electron chi connectivity index (χ2n) is 14.8. The fourth-order valence-electron chi connectivity index (χ4n) is 4.48. The Balaban J connectivity index is 0. The van der Waals surface area contributed by atoms with Crippen LogP contribution in [0.1, 0.15) is 182 Å². The molecular formula is C47H82N2O3. The van der Waals surface area contributed by atoms with Gasteiger partial charge in [-0.25, -0.2) is 0 Å². The zero-order valence-corrected chi connectivity index (χ0v) is 36.9. The van der Waals surface area contributed by atoms with Gasteiger partial charge in [-0.05, 0) is 67.3 Å². The second-order valence-corrected chi connectivity index (χ2v) is 14.8. The van der Waals surface area contributed by atoms with E-state index in [-0.39, 0.29) is 0 Å². The monoisotopic (exact) mass is 723 g/mol. The molecule has 0 amide bonds. The third-order valence-electron chi connectivity index (χ3n) is 9.18. The molecule has 2 aromatic rings. The van der Waals surface area contributed by atoms with Crippen LogP contribution in [-0.2, 0) is 4.79 Å². The van der Waals surface area contributed by atoms with E-state index in [1.165, 1.54) is 50.5 Å². The maximum absolute atomic E-state index is 10.8. The number of benzene rings is 2. The number of methoxy groups -OCH3 is 1. The summed E-state index contributed by atoms with van der Waals surface area (Å²) in [6.07, 6.45) is 12.1. The number of nitrogens with zero attached hydrogens (tertiary/aromatic N) is 1. The molecule has 0 saturated carbocycles. The number of rotatable bonds is 15. The zero-order chi connectivity index (χ0) is 40.1. The van der Waals surface area contributed by atoms with E-state index in [9.17, 15) is 4.79 Å². The minimum Gasteiger partial charge on any atom is -0.496 e. The van der Waals surface area contributed by atoms with Crippen LogP contribution in [0.5, 0.6) is 11.5 Å². The van der Waals surface area contributed by atoms with Crippen molar-refractivity contribution in [3.05, 3.63) is 69.9 Å². The van der Waals surface area contributed by atoms with Crippen LogP contribution in [0.15, 0.2) is 52.7 Å². The molecule has 1 heterocycles. The normalized spacial score (nSPS) is 12.4. The number of amidine groups is 1.